The summed E-state index contributed by atoms with van der Waals surface area (Å²) < 4.78 is 5.84. The van der Waals surface area contributed by atoms with Crippen LogP contribution in [-0.2, 0) is 6.61 Å². The Bertz CT molecular complexity index is 594. The molecule has 3 nitrogen and oxygen atoms in total. The van der Waals surface area contributed by atoms with E-state index in [1.54, 1.807) is 0 Å². The van der Waals surface area contributed by atoms with Crippen LogP contribution in [0.5, 0.6) is 5.75 Å². The number of rotatable bonds is 7. The first-order chi connectivity index (χ1) is 11.3. The second kappa shape index (κ2) is 8.14. The van der Waals surface area contributed by atoms with Gasteiger partial charge in [0.05, 0.1) is 6.10 Å². The number of hydrogen-bond acceptors (Lipinski definition) is 3. The SMILES string of the molecule is OC(CCN1CCCC1)c1cccc(OCc2ccccc2)c1. The van der Waals surface area contributed by atoms with Crippen molar-refractivity contribution >= 4 is 0 Å². The molecule has 1 aliphatic heterocycles. The summed E-state index contributed by atoms with van der Waals surface area (Å²) in [6.07, 6.45) is 2.94. The van der Waals surface area contributed by atoms with Gasteiger partial charge in [0.25, 0.3) is 0 Å². The van der Waals surface area contributed by atoms with Gasteiger partial charge in [0.2, 0.25) is 0 Å². The maximum absolute atomic E-state index is 10.4. The van der Waals surface area contributed by atoms with E-state index in [-0.39, 0.29) is 0 Å². The second-order valence-electron chi connectivity index (χ2n) is 6.20. The van der Waals surface area contributed by atoms with Gasteiger partial charge in [-0.1, -0.05) is 42.5 Å². The number of ether oxygens (including phenoxy) is 1. The van der Waals surface area contributed by atoms with Crippen LogP contribution >= 0.6 is 0 Å². The van der Waals surface area contributed by atoms with Crippen molar-refractivity contribution in [2.24, 2.45) is 0 Å². The topological polar surface area (TPSA) is 32.7 Å². The molecule has 1 fully saturated rings. The van der Waals surface area contributed by atoms with Crippen LogP contribution in [0.2, 0.25) is 0 Å². The fourth-order valence-electron chi connectivity index (χ4n) is 3.03. The van der Waals surface area contributed by atoms with Crippen molar-refractivity contribution in [3.05, 3.63) is 65.7 Å². The van der Waals surface area contributed by atoms with Gasteiger partial charge in [-0.3, -0.25) is 0 Å². The van der Waals surface area contributed by atoms with Gasteiger partial charge in [-0.2, -0.15) is 0 Å². The molecule has 1 aliphatic rings. The summed E-state index contributed by atoms with van der Waals surface area (Å²) in [7, 11) is 0. The highest BCUT2D eigenvalue weighted by molar-refractivity contribution is 5.30. The molecule has 1 atom stereocenters. The van der Waals surface area contributed by atoms with E-state index in [9.17, 15) is 5.11 Å². The summed E-state index contributed by atoms with van der Waals surface area (Å²) in [4.78, 5) is 2.43. The van der Waals surface area contributed by atoms with Gasteiger partial charge < -0.3 is 14.7 Å². The lowest BCUT2D eigenvalue weighted by atomic mass is 10.1. The van der Waals surface area contributed by atoms with Crippen LogP contribution in [-0.4, -0.2) is 29.6 Å². The Morgan fingerprint density at radius 2 is 1.78 bits per heavy atom. The highest BCUT2D eigenvalue weighted by atomic mass is 16.5. The lowest BCUT2D eigenvalue weighted by Crippen LogP contribution is -2.22. The number of benzene rings is 2. The largest absolute Gasteiger partial charge is 0.489 e. The maximum Gasteiger partial charge on any atom is 0.120 e. The van der Waals surface area contributed by atoms with E-state index in [0.717, 1.165) is 29.8 Å². The van der Waals surface area contributed by atoms with Gasteiger partial charge in [-0.05, 0) is 55.6 Å². The number of aliphatic hydroxyl groups is 1. The van der Waals surface area contributed by atoms with Gasteiger partial charge in [0.15, 0.2) is 0 Å². The number of aliphatic hydroxyl groups excluding tert-OH is 1. The van der Waals surface area contributed by atoms with Crippen molar-refractivity contribution in [3.63, 3.8) is 0 Å². The average Bonchev–Trinajstić information content (AvgIpc) is 3.12. The van der Waals surface area contributed by atoms with Crippen LogP contribution in [0.3, 0.4) is 0 Å². The van der Waals surface area contributed by atoms with Crippen molar-refractivity contribution in [2.45, 2.75) is 32.0 Å². The molecule has 122 valence electrons. The summed E-state index contributed by atoms with van der Waals surface area (Å²) in [6.45, 7) is 3.87. The summed E-state index contributed by atoms with van der Waals surface area (Å²) in [5.74, 6) is 0.812. The molecule has 2 aromatic carbocycles. The van der Waals surface area contributed by atoms with Crippen molar-refractivity contribution in [3.8, 4) is 5.75 Å². The van der Waals surface area contributed by atoms with E-state index in [0.29, 0.717) is 6.61 Å². The fraction of sp³-hybridized carbons (Fsp3) is 0.400. The first kappa shape index (κ1) is 16.0. The van der Waals surface area contributed by atoms with Gasteiger partial charge in [0.1, 0.15) is 12.4 Å². The van der Waals surface area contributed by atoms with Crippen molar-refractivity contribution in [1.29, 1.82) is 0 Å². The Labute approximate surface area is 138 Å². The average molecular weight is 311 g/mol. The first-order valence-electron chi connectivity index (χ1n) is 8.48. The third-order valence-corrected chi connectivity index (χ3v) is 4.41. The minimum atomic E-state index is -0.420. The zero-order valence-electron chi connectivity index (χ0n) is 13.5. The van der Waals surface area contributed by atoms with E-state index in [4.69, 9.17) is 4.74 Å². The molecule has 2 aromatic rings. The van der Waals surface area contributed by atoms with Crippen LogP contribution in [0.1, 0.15) is 36.5 Å². The van der Waals surface area contributed by atoms with Crippen molar-refractivity contribution in [1.82, 2.24) is 4.90 Å². The van der Waals surface area contributed by atoms with E-state index in [2.05, 4.69) is 17.0 Å². The van der Waals surface area contributed by atoms with Gasteiger partial charge in [-0.25, -0.2) is 0 Å². The van der Waals surface area contributed by atoms with E-state index >= 15 is 0 Å². The Hall–Kier alpha value is -1.84. The molecule has 3 heteroatoms. The molecule has 0 aliphatic carbocycles. The van der Waals surface area contributed by atoms with Crippen LogP contribution in [0.25, 0.3) is 0 Å². The molecule has 1 heterocycles. The quantitative estimate of drug-likeness (QED) is 0.844. The highest BCUT2D eigenvalue weighted by Gasteiger charge is 2.14. The molecule has 0 spiro atoms. The number of likely N-dealkylation sites (tertiary alicyclic amines) is 1. The number of hydrogen-bond donors (Lipinski definition) is 1. The van der Waals surface area contributed by atoms with Crippen molar-refractivity contribution in [2.75, 3.05) is 19.6 Å². The molecule has 0 radical (unpaired) electrons. The van der Waals surface area contributed by atoms with E-state index < -0.39 is 6.10 Å². The lowest BCUT2D eigenvalue weighted by Gasteiger charge is -2.18. The summed E-state index contributed by atoms with van der Waals surface area (Å²) >= 11 is 0. The van der Waals surface area contributed by atoms with Crippen LogP contribution < -0.4 is 4.74 Å². The Kier molecular flexibility index (Phi) is 5.67. The lowest BCUT2D eigenvalue weighted by molar-refractivity contribution is 0.148. The molecule has 3 rings (SSSR count). The zero-order chi connectivity index (χ0) is 15.9. The third kappa shape index (κ3) is 4.81. The highest BCUT2D eigenvalue weighted by Crippen LogP contribution is 2.23. The van der Waals surface area contributed by atoms with E-state index in [1.165, 1.54) is 25.9 Å². The fourth-order valence-corrected chi connectivity index (χ4v) is 3.03. The van der Waals surface area contributed by atoms with Crippen LogP contribution in [0.4, 0.5) is 0 Å². The smallest absolute Gasteiger partial charge is 0.120 e. The first-order valence-corrected chi connectivity index (χ1v) is 8.48. The van der Waals surface area contributed by atoms with Crippen LogP contribution in [0.15, 0.2) is 54.6 Å². The Morgan fingerprint density at radius 3 is 2.57 bits per heavy atom. The van der Waals surface area contributed by atoms with Gasteiger partial charge >= 0.3 is 0 Å². The van der Waals surface area contributed by atoms with Crippen LogP contribution in [0, 0.1) is 0 Å². The summed E-state index contributed by atoms with van der Waals surface area (Å²) in [5, 5.41) is 10.4. The predicted octanol–water partition coefficient (Wildman–Crippen LogP) is 3.78. The number of nitrogens with zero attached hydrogens (tertiary/aromatic N) is 1. The minimum absolute atomic E-state index is 0.420. The monoisotopic (exact) mass is 311 g/mol. The normalized spacial score (nSPS) is 16.4. The standard InChI is InChI=1S/C20H25NO2/c22-20(11-14-21-12-4-5-13-21)18-9-6-10-19(15-18)23-16-17-7-2-1-3-8-17/h1-3,6-10,15,20,22H,4-5,11-14,16H2. The van der Waals surface area contributed by atoms with Gasteiger partial charge in [0, 0.05) is 6.54 Å². The summed E-state index contributed by atoms with van der Waals surface area (Å²) in [5.41, 5.74) is 2.09. The third-order valence-electron chi connectivity index (χ3n) is 4.41. The predicted molar refractivity (Wildman–Crippen MR) is 92.5 cm³/mol. The molecular weight excluding hydrogens is 286 g/mol. The Morgan fingerprint density at radius 1 is 1.00 bits per heavy atom. The molecule has 0 amide bonds. The second-order valence-corrected chi connectivity index (χ2v) is 6.20. The molecule has 0 aromatic heterocycles. The van der Waals surface area contributed by atoms with Gasteiger partial charge in [-0.15, -0.1) is 0 Å². The molecule has 0 bridgehead atoms. The maximum atomic E-state index is 10.4. The van der Waals surface area contributed by atoms with Crippen molar-refractivity contribution < 1.29 is 9.84 Å². The van der Waals surface area contributed by atoms with E-state index in [1.807, 2.05) is 42.5 Å². The zero-order valence-corrected chi connectivity index (χ0v) is 13.5. The molecule has 23 heavy (non-hydrogen) atoms. The minimum Gasteiger partial charge on any atom is -0.489 e. The molecule has 0 saturated carbocycles. The molecule has 1 saturated heterocycles. The molecular formula is C20H25NO2. The Balaban J connectivity index is 1.53. The molecule has 1 N–H and O–H groups in total. The molecule has 1 unspecified atom stereocenters. The summed E-state index contributed by atoms with van der Waals surface area (Å²) in [6, 6.07) is 18.0.